The molecular formula is C13H11ClN2OS3. The second-order valence-corrected chi connectivity index (χ2v) is 7.44. The van der Waals surface area contributed by atoms with Crippen LogP contribution in [0.15, 0.2) is 33.0 Å². The standard InChI is InChI=1S/C13H11ClN2OS3/c1-3-16-8-6-7(14)4-5-9(8)19-12(16)10-11(17)15(2)13(18)20-10/h4-6H,3H2,1-2H3/b12-10-. The lowest BCUT2D eigenvalue weighted by molar-refractivity contribution is -0.121. The Kier molecular flexibility index (Phi) is 3.75. The number of hydrogen-bond donors (Lipinski definition) is 0. The number of benzene rings is 1. The molecule has 20 heavy (non-hydrogen) atoms. The van der Waals surface area contributed by atoms with E-state index < -0.39 is 0 Å². The Hall–Kier alpha value is -0.690. The number of likely N-dealkylation sites (N-methyl/N-ethyl adjacent to an activating group) is 1. The Balaban J connectivity index is 2.10. The largest absolute Gasteiger partial charge is 0.334 e. The molecule has 0 saturated carbocycles. The lowest BCUT2D eigenvalue weighted by Gasteiger charge is -2.19. The Labute approximate surface area is 136 Å². The van der Waals surface area contributed by atoms with E-state index in [-0.39, 0.29) is 5.91 Å². The summed E-state index contributed by atoms with van der Waals surface area (Å²) >= 11 is 14.2. The van der Waals surface area contributed by atoms with Gasteiger partial charge in [-0.15, -0.1) is 0 Å². The smallest absolute Gasteiger partial charge is 0.268 e. The van der Waals surface area contributed by atoms with Gasteiger partial charge in [0, 0.05) is 23.5 Å². The van der Waals surface area contributed by atoms with Crippen molar-refractivity contribution in [2.75, 3.05) is 18.5 Å². The van der Waals surface area contributed by atoms with Crippen LogP contribution in [0.5, 0.6) is 0 Å². The fourth-order valence-corrected chi connectivity index (χ4v) is 4.81. The number of carbonyl (C=O) groups is 1. The van der Waals surface area contributed by atoms with Crippen molar-refractivity contribution >= 4 is 63.3 Å². The summed E-state index contributed by atoms with van der Waals surface area (Å²) < 4.78 is 0.600. The summed E-state index contributed by atoms with van der Waals surface area (Å²) in [5.41, 5.74) is 1.06. The molecular weight excluding hydrogens is 332 g/mol. The van der Waals surface area contributed by atoms with E-state index in [1.54, 1.807) is 18.8 Å². The topological polar surface area (TPSA) is 23.6 Å². The number of thioether (sulfide) groups is 2. The van der Waals surface area contributed by atoms with Gasteiger partial charge in [0.1, 0.15) is 14.3 Å². The van der Waals surface area contributed by atoms with Gasteiger partial charge < -0.3 is 4.90 Å². The van der Waals surface area contributed by atoms with Gasteiger partial charge in [-0.25, -0.2) is 0 Å². The molecule has 0 spiro atoms. The second kappa shape index (κ2) is 5.26. The second-order valence-electron chi connectivity index (χ2n) is 4.32. The Morgan fingerprint density at radius 3 is 2.70 bits per heavy atom. The van der Waals surface area contributed by atoms with Crippen LogP contribution in [-0.2, 0) is 4.79 Å². The molecule has 0 unspecified atom stereocenters. The molecule has 1 aromatic rings. The first-order chi connectivity index (χ1) is 9.52. The van der Waals surface area contributed by atoms with Gasteiger partial charge in [-0.1, -0.05) is 47.3 Å². The van der Waals surface area contributed by atoms with Crippen LogP contribution < -0.4 is 4.90 Å². The van der Waals surface area contributed by atoms with Crippen LogP contribution in [0.1, 0.15) is 6.92 Å². The van der Waals surface area contributed by atoms with Crippen LogP contribution in [0, 0.1) is 0 Å². The maximum absolute atomic E-state index is 12.3. The fraction of sp³-hybridized carbons (Fsp3) is 0.231. The molecule has 0 bridgehead atoms. The molecule has 0 aromatic heterocycles. The number of thiocarbonyl (C=S) groups is 1. The molecule has 1 saturated heterocycles. The number of rotatable bonds is 1. The number of amides is 1. The Morgan fingerprint density at radius 1 is 1.35 bits per heavy atom. The molecule has 0 aliphatic carbocycles. The first-order valence-electron chi connectivity index (χ1n) is 6.02. The van der Waals surface area contributed by atoms with Gasteiger partial charge in [0.15, 0.2) is 0 Å². The molecule has 2 heterocycles. The van der Waals surface area contributed by atoms with Crippen LogP contribution in [-0.4, -0.2) is 28.7 Å². The van der Waals surface area contributed by atoms with Crippen LogP contribution >= 0.6 is 47.3 Å². The number of fused-ring (bicyclic) bond motifs is 1. The zero-order valence-electron chi connectivity index (χ0n) is 10.8. The van der Waals surface area contributed by atoms with Crippen LogP contribution in [0.4, 0.5) is 5.69 Å². The zero-order chi connectivity index (χ0) is 14.4. The Bertz CT molecular complexity index is 659. The van der Waals surface area contributed by atoms with Crippen LogP contribution in [0.25, 0.3) is 0 Å². The van der Waals surface area contributed by atoms with Gasteiger partial charge in [-0.3, -0.25) is 9.69 Å². The van der Waals surface area contributed by atoms with Gasteiger partial charge in [0.2, 0.25) is 0 Å². The van der Waals surface area contributed by atoms with Crippen molar-refractivity contribution in [1.82, 2.24) is 4.90 Å². The van der Waals surface area contributed by atoms with E-state index >= 15 is 0 Å². The molecule has 3 rings (SSSR count). The molecule has 1 aromatic carbocycles. The van der Waals surface area contributed by atoms with E-state index in [0.29, 0.717) is 14.2 Å². The predicted octanol–water partition coefficient (Wildman–Crippen LogP) is 3.93. The van der Waals surface area contributed by atoms with Gasteiger partial charge in [-0.05, 0) is 25.1 Å². The summed E-state index contributed by atoms with van der Waals surface area (Å²) in [6.07, 6.45) is 0. The number of hydrogen-bond acceptors (Lipinski definition) is 5. The summed E-state index contributed by atoms with van der Waals surface area (Å²) in [4.78, 5) is 17.7. The van der Waals surface area contributed by atoms with Gasteiger partial charge in [-0.2, -0.15) is 0 Å². The fourth-order valence-electron chi connectivity index (χ4n) is 2.11. The van der Waals surface area contributed by atoms with Gasteiger partial charge in [0.25, 0.3) is 5.91 Å². The minimum atomic E-state index is -0.0279. The van der Waals surface area contributed by atoms with E-state index in [0.717, 1.165) is 22.2 Å². The number of anilines is 1. The van der Waals surface area contributed by atoms with Crippen LogP contribution in [0.3, 0.4) is 0 Å². The molecule has 0 atom stereocenters. The summed E-state index contributed by atoms with van der Waals surface area (Å²) in [6.45, 7) is 2.84. The number of carbonyl (C=O) groups excluding carboxylic acids is 1. The lowest BCUT2D eigenvalue weighted by Crippen LogP contribution is -2.24. The summed E-state index contributed by atoms with van der Waals surface area (Å²) in [7, 11) is 1.71. The lowest BCUT2D eigenvalue weighted by atomic mass is 10.3. The highest BCUT2D eigenvalue weighted by molar-refractivity contribution is 8.27. The number of nitrogens with zero attached hydrogens (tertiary/aromatic N) is 2. The van der Waals surface area contributed by atoms with Gasteiger partial charge >= 0.3 is 0 Å². The molecule has 2 aliphatic rings. The molecule has 1 amide bonds. The summed E-state index contributed by atoms with van der Waals surface area (Å²) in [6, 6.07) is 5.80. The van der Waals surface area contributed by atoms with E-state index in [2.05, 4.69) is 11.8 Å². The van der Waals surface area contributed by atoms with Gasteiger partial charge in [0.05, 0.1) is 5.69 Å². The monoisotopic (exact) mass is 342 g/mol. The minimum absolute atomic E-state index is 0.0279. The maximum Gasteiger partial charge on any atom is 0.268 e. The third-order valence-electron chi connectivity index (χ3n) is 3.14. The Morgan fingerprint density at radius 2 is 2.10 bits per heavy atom. The predicted molar refractivity (Wildman–Crippen MR) is 90.3 cm³/mol. The molecule has 3 nitrogen and oxygen atoms in total. The molecule has 104 valence electrons. The normalized spacial score (nSPS) is 21.9. The summed E-state index contributed by atoms with van der Waals surface area (Å²) in [5, 5.41) is 1.65. The third kappa shape index (κ3) is 2.15. The highest BCUT2D eigenvalue weighted by Gasteiger charge is 2.37. The number of halogens is 1. The third-order valence-corrected chi connectivity index (χ3v) is 6.23. The first-order valence-corrected chi connectivity index (χ1v) is 8.44. The molecule has 1 fully saturated rings. The van der Waals surface area contributed by atoms with E-state index in [4.69, 9.17) is 23.8 Å². The molecule has 7 heteroatoms. The zero-order valence-corrected chi connectivity index (χ0v) is 14.0. The van der Waals surface area contributed by atoms with Crippen molar-refractivity contribution < 1.29 is 4.79 Å². The van der Waals surface area contributed by atoms with Crippen molar-refractivity contribution in [3.8, 4) is 0 Å². The molecule has 2 aliphatic heterocycles. The van der Waals surface area contributed by atoms with E-state index in [1.807, 2.05) is 18.2 Å². The van der Waals surface area contributed by atoms with Crippen molar-refractivity contribution in [2.24, 2.45) is 0 Å². The highest BCUT2D eigenvalue weighted by Crippen LogP contribution is 2.50. The first kappa shape index (κ1) is 14.3. The van der Waals surface area contributed by atoms with E-state index in [9.17, 15) is 4.79 Å². The molecule has 0 N–H and O–H groups in total. The SMILES string of the molecule is CCN1/C(=C2/SC(=S)N(C)C2=O)Sc2ccc(Cl)cc21. The average molecular weight is 343 g/mol. The molecule has 0 radical (unpaired) electrons. The quantitative estimate of drug-likeness (QED) is 0.568. The maximum atomic E-state index is 12.3. The van der Waals surface area contributed by atoms with Crippen LogP contribution in [0.2, 0.25) is 5.02 Å². The highest BCUT2D eigenvalue weighted by atomic mass is 35.5. The van der Waals surface area contributed by atoms with Crippen molar-refractivity contribution in [1.29, 1.82) is 0 Å². The minimum Gasteiger partial charge on any atom is -0.334 e. The summed E-state index contributed by atoms with van der Waals surface area (Å²) in [5.74, 6) is -0.0279. The van der Waals surface area contributed by atoms with Crippen molar-refractivity contribution in [3.05, 3.63) is 33.2 Å². The average Bonchev–Trinajstić information content (AvgIpc) is 2.90. The van der Waals surface area contributed by atoms with Crippen molar-refractivity contribution in [3.63, 3.8) is 0 Å². The van der Waals surface area contributed by atoms with Crippen molar-refractivity contribution in [2.45, 2.75) is 11.8 Å². The van der Waals surface area contributed by atoms with E-state index in [1.165, 1.54) is 16.7 Å².